The molecule has 0 aliphatic carbocycles. The SMILES string of the molecule is COc1ccc([C@@H]2[C@@H](CO)OCCN2C(=O)c2ccc3nc(C)[nH]c3c2)cc1OC. The number of hydrogen-bond acceptors (Lipinski definition) is 6. The van der Waals surface area contributed by atoms with Crippen LogP contribution in [-0.2, 0) is 4.74 Å². The van der Waals surface area contributed by atoms with Crippen molar-refractivity contribution in [1.29, 1.82) is 0 Å². The number of aromatic nitrogens is 2. The van der Waals surface area contributed by atoms with Crippen molar-refractivity contribution in [3.63, 3.8) is 0 Å². The van der Waals surface area contributed by atoms with Crippen LogP contribution < -0.4 is 9.47 Å². The van der Waals surface area contributed by atoms with Crippen LogP contribution in [0.5, 0.6) is 11.5 Å². The Morgan fingerprint density at radius 2 is 2.03 bits per heavy atom. The quantitative estimate of drug-likeness (QED) is 0.670. The zero-order valence-corrected chi connectivity index (χ0v) is 17.2. The van der Waals surface area contributed by atoms with E-state index in [1.807, 2.05) is 31.2 Å². The van der Waals surface area contributed by atoms with E-state index in [2.05, 4.69) is 9.97 Å². The molecule has 1 aliphatic rings. The molecule has 3 aromatic rings. The van der Waals surface area contributed by atoms with E-state index in [4.69, 9.17) is 14.2 Å². The largest absolute Gasteiger partial charge is 0.493 e. The van der Waals surface area contributed by atoms with Gasteiger partial charge < -0.3 is 29.2 Å². The molecule has 30 heavy (non-hydrogen) atoms. The average Bonchev–Trinajstić information content (AvgIpc) is 3.16. The lowest BCUT2D eigenvalue weighted by molar-refractivity contribution is -0.0811. The van der Waals surface area contributed by atoms with Gasteiger partial charge in [0.15, 0.2) is 11.5 Å². The first-order valence-corrected chi connectivity index (χ1v) is 9.77. The van der Waals surface area contributed by atoms with Crippen LogP contribution in [0.3, 0.4) is 0 Å². The summed E-state index contributed by atoms with van der Waals surface area (Å²) in [5.41, 5.74) is 2.98. The Morgan fingerprint density at radius 1 is 1.23 bits per heavy atom. The molecule has 0 radical (unpaired) electrons. The second-order valence-corrected chi connectivity index (χ2v) is 7.20. The Morgan fingerprint density at radius 3 is 2.77 bits per heavy atom. The maximum absolute atomic E-state index is 13.5. The molecule has 0 unspecified atom stereocenters. The molecule has 158 valence electrons. The van der Waals surface area contributed by atoms with Gasteiger partial charge >= 0.3 is 0 Å². The number of imidazole rings is 1. The number of nitrogens with zero attached hydrogens (tertiary/aromatic N) is 2. The van der Waals surface area contributed by atoms with E-state index in [-0.39, 0.29) is 12.5 Å². The van der Waals surface area contributed by atoms with Crippen molar-refractivity contribution in [2.45, 2.75) is 19.1 Å². The minimum atomic E-state index is -0.543. The Balaban J connectivity index is 1.72. The number of carbonyl (C=O) groups is 1. The van der Waals surface area contributed by atoms with Crippen LogP contribution in [0.1, 0.15) is 27.8 Å². The molecule has 0 bridgehead atoms. The number of morpholine rings is 1. The molecule has 1 amide bonds. The summed E-state index contributed by atoms with van der Waals surface area (Å²) < 4.78 is 16.5. The minimum Gasteiger partial charge on any atom is -0.493 e. The maximum atomic E-state index is 13.5. The van der Waals surface area contributed by atoms with Gasteiger partial charge in [0, 0.05) is 12.1 Å². The van der Waals surface area contributed by atoms with Crippen LogP contribution in [-0.4, -0.2) is 66.0 Å². The first-order chi connectivity index (χ1) is 14.5. The Labute approximate surface area is 174 Å². The first-order valence-electron chi connectivity index (χ1n) is 9.77. The predicted molar refractivity (Wildman–Crippen MR) is 111 cm³/mol. The summed E-state index contributed by atoms with van der Waals surface area (Å²) in [4.78, 5) is 22.8. The fourth-order valence-corrected chi connectivity index (χ4v) is 3.98. The molecule has 0 spiro atoms. The highest BCUT2D eigenvalue weighted by Gasteiger charge is 2.37. The molecule has 1 fully saturated rings. The molecule has 2 heterocycles. The molecule has 8 nitrogen and oxygen atoms in total. The lowest BCUT2D eigenvalue weighted by Gasteiger charge is -2.41. The zero-order chi connectivity index (χ0) is 21.3. The van der Waals surface area contributed by atoms with Gasteiger partial charge in [-0.2, -0.15) is 0 Å². The van der Waals surface area contributed by atoms with Crippen molar-refractivity contribution in [3.8, 4) is 11.5 Å². The number of aromatic amines is 1. The number of benzene rings is 2. The van der Waals surface area contributed by atoms with Crippen molar-refractivity contribution < 1.29 is 24.1 Å². The highest BCUT2D eigenvalue weighted by molar-refractivity contribution is 5.97. The third-order valence-electron chi connectivity index (χ3n) is 5.39. The number of aliphatic hydroxyl groups is 1. The van der Waals surface area contributed by atoms with E-state index in [1.165, 1.54) is 0 Å². The molecule has 1 saturated heterocycles. The van der Waals surface area contributed by atoms with Gasteiger partial charge in [-0.15, -0.1) is 0 Å². The number of ether oxygens (including phenoxy) is 3. The number of fused-ring (bicyclic) bond motifs is 1. The third-order valence-corrected chi connectivity index (χ3v) is 5.39. The minimum absolute atomic E-state index is 0.134. The highest BCUT2D eigenvalue weighted by atomic mass is 16.5. The summed E-state index contributed by atoms with van der Waals surface area (Å²) in [6, 6.07) is 10.4. The van der Waals surface area contributed by atoms with E-state index in [0.29, 0.717) is 30.2 Å². The van der Waals surface area contributed by atoms with Crippen molar-refractivity contribution in [2.75, 3.05) is 34.0 Å². The first kappa shape index (κ1) is 20.2. The van der Waals surface area contributed by atoms with E-state index in [1.54, 1.807) is 31.3 Å². The standard InChI is InChI=1S/C22H25N3O5/c1-13-23-16-6-4-15(10-17(16)24-13)22(27)25-8-9-30-20(12-26)21(25)14-5-7-18(28-2)19(11-14)29-3/h4-7,10-11,20-21,26H,8-9,12H2,1-3H3,(H,23,24)/t20-,21-/m1/s1. The summed E-state index contributed by atoms with van der Waals surface area (Å²) in [6.07, 6.45) is -0.543. The van der Waals surface area contributed by atoms with Gasteiger partial charge in [0.1, 0.15) is 11.9 Å². The monoisotopic (exact) mass is 411 g/mol. The summed E-state index contributed by atoms with van der Waals surface area (Å²) in [5, 5.41) is 9.93. The topological polar surface area (TPSA) is 96.9 Å². The van der Waals surface area contributed by atoms with Crippen LogP contribution in [0.25, 0.3) is 11.0 Å². The van der Waals surface area contributed by atoms with Crippen LogP contribution in [0.2, 0.25) is 0 Å². The highest BCUT2D eigenvalue weighted by Crippen LogP contribution is 2.36. The van der Waals surface area contributed by atoms with E-state index in [0.717, 1.165) is 22.4 Å². The number of hydrogen-bond donors (Lipinski definition) is 2. The van der Waals surface area contributed by atoms with Crippen LogP contribution >= 0.6 is 0 Å². The molecule has 2 N–H and O–H groups in total. The van der Waals surface area contributed by atoms with E-state index >= 15 is 0 Å². The molecule has 8 heteroatoms. The normalized spacial score (nSPS) is 19.1. The van der Waals surface area contributed by atoms with Crippen molar-refractivity contribution >= 4 is 16.9 Å². The van der Waals surface area contributed by atoms with Gasteiger partial charge in [-0.3, -0.25) is 4.79 Å². The zero-order valence-electron chi connectivity index (χ0n) is 17.2. The van der Waals surface area contributed by atoms with Gasteiger partial charge in [0.25, 0.3) is 5.91 Å². The van der Waals surface area contributed by atoms with Crippen molar-refractivity contribution in [3.05, 3.63) is 53.3 Å². The number of rotatable bonds is 5. The van der Waals surface area contributed by atoms with Crippen molar-refractivity contribution in [2.24, 2.45) is 0 Å². The molecule has 1 aromatic heterocycles. The predicted octanol–water partition coefficient (Wildman–Crippen LogP) is 2.46. The molecular weight excluding hydrogens is 386 g/mol. The lowest BCUT2D eigenvalue weighted by atomic mass is 9.96. The van der Waals surface area contributed by atoms with Gasteiger partial charge in [-0.05, 0) is 42.8 Å². The summed E-state index contributed by atoms with van der Waals surface area (Å²) in [6.45, 7) is 2.44. The maximum Gasteiger partial charge on any atom is 0.254 e. The molecule has 2 atom stereocenters. The number of H-pyrrole nitrogens is 1. The lowest BCUT2D eigenvalue weighted by Crippen LogP contribution is -2.49. The van der Waals surface area contributed by atoms with Gasteiger partial charge in [0.2, 0.25) is 0 Å². The molecule has 2 aromatic carbocycles. The number of amides is 1. The van der Waals surface area contributed by atoms with Crippen molar-refractivity contribution in [1.82, 2.24) is 14.9 Å². The number of nitrogens with one attached hydrogen (secondary N) is 1. The summed E-state index contributed by atoms with van der Waals surface area (Å²) in [7, 11) is 3.13. The van der Waals surface area contributed by atoms with Gasteiger partial charge in [-0.25, -0.2) is 4.98 Å². The number of methoxy groups -OCH3 is 2. The van der Waals surface area contributed by atoms with Crippen LogP contribution in [0.15, 0.2) is 36.4 Å². The number of aryl methyl sites for hydroxylation is 1. The smallest absolute Gasteiger partial charge is 0.254 e. The Kier molecular flexibility index (Phi) is 5.61. The number of aliphatic hydroxyl groups excluding tert-OH is 1. The summed E-state index contributed by atoms with van der Waals surface area (Å²) in [5.74, 6) is 1.81. The van der Waals surface area contributed by atoms with Crippen LogP contribution in [0, 0.1) is 6.92 Å². The molecule has 1 aliphatic heterocycles. The van der Waals surface area contributed by atoms with Gasteiger partial charge in [-0.1, -0.05) is 6.07 Å². The van der Waals surface area contributed by atoms with E-state index in [9.17, 15) is 9.90 Å². The second-order valence-electron chi connectivity index (χ2n) is 7.20. The summed E-state index contributed by atoms with van der Waals surface area (Å²) >= 11 is 0. The van der Waals surface area contributed by atoms with Gasteiger partial charge in [0.05, 0.1) is 44.5 Å². The third kappa shape index (κ3) is 3.59. The second kappa shape index (κ2) is 8.33. The van der Waals surface area contributed by atoms with E-state index < -0.39 is 12.1 Å². The van der Waals surface area contributed by atoms with Crippen LogP contribution in [0.4, 0.5) is 0 Å². The fraction of sp³-hybridized carbons (Fsp3) is 0.364. The molecule has 4 rings (SSSR count). The molecule has 0 saturated carbocycles. The average molecular weight is 411 g/mol. The Hall–Kier alpha value is -3.10. The Bertz CT molecular complexity index is 1060. The molecular formula is C22H25N3O5. The number of carbonyl (C=O) groups excluding carboxylic acids is 1. The fourth-order valence-electron chi connectivity index (χ4n) is 3.98.